The number of methoxy groups -OCH3 is 1. The van der Waals surface area contributed by atoms with Crippen LogP contribution in [-0.4, -0.2) is 7.11 Å². The quantitative estimate of drug-likeness (QED) is 0.821. The molecule has 0 aliphatic heterocycles. The first kappa shape index (κ1) is 12.1. The van der Waals surface area contributed by atoms with Crippen molar-refractivity contribution in [3.8, 4) is 11.8 Å². The molecule has 0 atom stereocenters. The highest BCUT2D eigenvalue weighted by molar-refractivity contribution is 9.10. The molecule has 0 amide bonds. The van der Waals surface area contributed by atoms with Crippen LogP contribution in [0.5, 0.6) is 5.75 Å². The predicted molar refractivity (Wildman–Crippen MR) is 64.1 cm³/mol. The summed E-state index contributed by atoms with van der Waals surface area (Å²) in [5.41, 5.74) is 1.47. The van der Waals surface area contributed by atoms with Gasteiger partial charge in [-0.25, -0.2) is 0 Å². The first-order valence-corrected chi connectivity index (χ1v) is 5.48. The van der Waals surface area contributed by atoms with Crippen molar-refractivity contribution in [1.29, 1.82) is 5.26 Å². The standard InChI is InChI=1S/C12H14BrNO/c1-8-5-6-9(13)11(15-4)10(8)12(2,3)7-14/h5-6H,1-4H3. The number of ether oxygens (including phenoxy) is 1. The van der Waals surface area contributed by atoms with E-state index in [1.165, 1.54) is 0 Å². The highest BCUT2D eigenvalue weighted by Gasteiger charge is 2.27. The molecule has 1 rings (SSSR count). The second-order valence-corrected chi connectivity index (χ2v) is 4.86. The van der Waals surface area contributed by atoms with E-state index in [0.29, 0.717) is 0 Å². The summed E-state index contributed by atoms with van der Waals surface area (Å²) in [5, 5.41) is 9.16. The van der Waals surface area contributed by atoms with Gasteiger partial charge in [0.1, 0.15) is 5.75 Å². The van der Waals surface area contributed by atoms with Crippen molar-refractivity contribution >= 4 is 15.9 Å². The number of rotatable bonds is 2. The molecule has 0 aliphatic rings. The maximum Gasteiger partial charge on any atom is 0.138 e. The molecule has 0 bridgehead atoms. The van der Waals surface area contributed by atoms with Crippen LogP contribution in [-0.2, 0) is 5.41 Å². The molecule has 15 heavy (non-hydrogen) atoms. The largest absolute Gasteiger partial charge is 0.495 e. The van der Waals surface area contributed by atoms with Crippen LogP contribution in [0, 0.1) is 18.3 Å². The van der Waals surface area contributed by atoms with Gasteiger partial charge in [0.25, 0.3) is 0 Å². The van der Waals surface area contributed by atoms with Gasteiger partial charge in [0, 0.05) is 5.56 Å². The third-order valence-electron chi connectivity index (χ3n) is 2.43. The van der Waals surface area contributed by atoms with Crippen molar-refractivity contribution in [2.24, 2.45) is 0 Å². The molecule has 80 valence electrons. The minimum absolute atomic E-state index is 0.542. The van der Waals surface area contributed by atoms with E-state index >= 15 is 0 Å². The van der Waals surface area contributed by atoms with Crippen molar-refractivity contribution in [3.63, 3.8) is 0 Å². The number of hydrogen-bond acceptors (Lipinski definition) is 2. The molecule has 0 radical (unpaired) electrons. The lowest BCUT2D eigenvalue weighted by Gasteiger charge is -2.22. The Bertz CT molecular complexity index is 418. The van der Waals surface area contributed by atoms with Gasteiger partial charge >= 0.3 is 0 Å². The van der Waals surface area contributed by atoms with Crippen molar-refractivity contribution in [2.75, 3.05) is 7.11 Å². The zero-order chi connectivity index (χ0) is 11.6. The van der Waals surface area contributed by atoms with Gasteiger partial charge in [-0.05, 0) is 48.3 Å². The molecule has 0 spiro atoms. The smallest absolute Gasteiger partial charge is 0.138 e. The lowest BCUT2D eigenvalue weighted by molar-refractivity contribution is 0.399. The molecule has 0 aliphatic carbocycles. The lowest BCUT2D eigenvalue weighted by atomic mass is 9.83. The summed E-state index contributed by atoms with van der Waals surface area (Å²) in [4.78, 5) is 0. The zero-order valence-electron chi connectivity index (χ0n) is 9.39. The van der Waals surface area contributed by atoms with Gasteiger partial charge in [0.05, 0.1) is 23.1 Å². The van der Waals surface area contributed by atoms with Gasteiger partial charge in [-0.1, -0.05) is 6.07 Å². The topological polar surface area (TPSA) is 33.0 Å². The van der Waals surface area contributed by atoms with E-state index in [9.17, 15) is 0 Å². The Kier molecular flexibility index (Phi) is 3.41. The minimum Gasteiger partial charge on any atom is -0.495 e. The van der Waals surface area contributed by atoms with Crippen LogP contribution in [0.2, 0.25) is 0 Å². The second kappa shape index (κ2) is 4.24. The summed E-state index contributed by atoms with van der Waals surface area (Å²) in [6, 6.07) is 6.22. The average Bonchev–Trinajstić information content (AvgIpc) is 2.20. The third-order valence-corrected chi connectivity index (χ3v) is 3.05. The van der Waals surface area contributed by atoms with Crippen molar-refractivity contribution < 1.29 is 4.74 Å². The van der Waals surface area contributed by atoms with Gasteiger partial charge in [-0.3, -0.25) is 0 Å². The summed E-state index contributed by atoms with van der Waals surface area (Å²) in [6.07, 6.45) is 0. The molecule has 0 aromatic heterocycles. The van der Waals surface area contributed by atoms with E-state index < -0.39 is 5.41 Å². The Morgan fingerprint density at radius 1 is 1.40 bits per heavy atom. The third kappa shape index (κ3) is 2.15. The first-order chi connectivity index (χ1) is 6.94. The Morgan fingerprint density at radius 2 is 2.00 bits per heavy atom. The van der Waals surface area contributed by atoms with Crippen molar-refractivity contribution in [1.82, 2.24) is 0 Å². The normalized spacial score (nSPS) is 10.9. The van der Waals surface area contributed by atoms with E-state index in [2.05, 4.69) is 22.0 Å². The van der Waals surface area contributed by atoms with Gasteiger partial charge in [-0.15, -0.1) is 0 Å². The molecule has 0 unspecified atom stereocenters. The highest BCUT2D eigenvalue weighted by atomic mass is 79.9. The maximum absolute atomic E-state index is 9.16. The minimum atomic E-state index is -0.542. The van der Waals surface area contributed by atoms with E-state index in [4.69, 9.17) is 10.00 Å². The molecule has 2 nitrogen and oxygen atoms in total. The van der Waals surface area contributed by atoms with Crippen molar-refractivity contribution in [2.45, 2.75) is 26.2 Å². The molecule has 0 saturated heterocycles. The van der Waals surface area contributed by atoms with Crippen LogP contribution in [0.3, 0.4) is 0 Å². The summed E-state index contributed by atoms with van der Waals surface area (Å²) < 4.78 is 6.23. The van der Waals surface area contributed by atoms with Crippen LogP contribution in [0.1, 0.15) is 25.0 Å². The van der Waals surface area contributed by atoms with Crippen LogP contribution in [0.4, 0.5) is 0 Å². The second-order valence-electron chi connectivity index (χ2n) is 4.01. The SMILES string of the molecule is COc1c(Br)ccc(C)c1C(C)(C)C#N. The first-order valence-electron chi connectivity index (χ1n) is 4.69. The Morgan fingerprint density at radius 3 is 2.47 bits per heavy atom. The fraction of sp³-hybridized carbons (Fsp3) is 0.417. The molecule has 3 heteroatoms. The number of nitriles is 1. The Balaban J connectivity index is 3.53. The molecule has 0 saturated carbocycles. The molecular formula is C12H14BrNO. The van der Waals surface area contributed by atoms with E-state index in [1.807, 2.05) is 32.9 Å². The lowest BCUT2D eigenvalue weighted by Crippen LogP contribution is -2.17. The monoisotopic (exact) mass is 267 g/mol. The Hall–Kier alpha value is -1.01. The van der Waals surface area contributed by atoms with Crippen molar-refractivity contribution in [3.05, 3.63) is 27.7 Å². The van der Waals surface area contributed by atoms with Gasteiger partial charge in [-0.2, -0.15) is 5.26 Å². The van der Waals surface area contributed by atoms with Gasteiger partial charge in [0.15, 0.2) is 0 Å². The summed E-state index contributed by atoms with van der Waals surface area (Å²) >= 11 is 3.43. The summed E-state index contributed by atoms with van der Waals surface area (Å²) in [5.74, 6) is 0.751. The zero-order valence-corrected chi connectivity index (χ0v) is 11.0. The molecule has 0 heterocycles. The molecular weight excluding hydrogens is 254 g/mol. The van der Waals surface area contributed by atoms with E-state index in [-0.39, 0.29) is 0 Å². The number of benzene rings is 1. The predicted octanol–water partition coefficient (Wildman–Crippen LogP) is 3.57. The fourth-order valence-electron chi connectivity index (χ4n) is 1.69. The van der Waals surface area contributed by atoms with Crippen LogP contribution in [0.25, 0.3) is 0 Å². The van der Waals surface area contributed by atoms with Crippen LogP contribution in [0.15, 0.2) is 16.6 Å². The van der Waals surface area contributed by atoms with E-state index in [1.54, 1.807) is 7.11 Å². The summed E-state index contributed by atoms with van der Waals surface area (Å²) in [6.45, 7) is 5.78. The van der Waals surface area contributed by atoms with Gasteiger partial charge in [0.2, 0.25) is 0 Å². The summed E-state index contributed by atoms with van der Waals surface area (Å²) in [7, 11) is 1.62. The number of nitrogens with zero attached hydrogens (tertiary/aromatic N) is 1. The molecule has 0 N–H and O–H groups in total. The van der Waals surface area contributed by atoms with Crippen LogP contribution >= 0.6 is 15.9 Å². The number of aryl methyl sites for hydroxylation is 1. The van der Waals surface area contributed by atoms with Gasteiger partial charge < -0.3 is 4.74 Å². The van der Waals surface area contributed by atoms with E-state index in [0.717, 1.165) is 21.3 Å². The van der Waals surface area contributed by atoms with Crippen LogP contribution < -0.4 is 4.74 Å². The average molecular weight is 268 g/mol. The number of hydrogen-bond donors (Lipinski definition) is 0. The number of halogens is 1. The molecule has 0 fully saturated rings. The Labute approximate surface area is 99.0 Å². The molecule has 1 aromatic carbocycles. The maximum atomic E-state index is 9.16. The molecule has 1 aromatic rings. The highest BCUT2D eigenvalue weighted by Crippen LogP contribution is 2.38. The fourth-order valence-corrected chi connectivity index (χ4v) is 2.18.